The summed E-state index contributed by atoms with van der Waals surface area (Å²) in [5.41, 5.74) is 0.890. The predicted octanol–water partition coefficient (Wildman–Crippen LogP) is 1.74. The summed E-state index contributed by atoms with van der Waals surface area (Å²) in [6.07, 6.45) is 4.27. The minimum Gasteiger partial charge on any atom is -0.378 e. The van der Waals surface area contributed by atoms with Crippen molar-refractivity contribution in [2.75, 3.05) is 25.1 Å². The number of aryl methyl sites for hydroxylation is 1. The molecule has 2 aliphatic rings. The lowest BCUT2D eigenvalue weighted by atomic mass is 10.1. The Morgan fingerprint density at radius 1 is 1.31 bits per heavy atom. The van der Waals surface area contributed by atoms with Gasteiger partial charge in [-0.2, -0.15) is 0 Å². The maximum atomic E-state index is 14.2. The molecule has 1 fully saturated rings. The number of fused-ring (bicyclic) bond motifs is 1. The molecule has 0 aliphatic carbocycles. The van der Waals surface area contributed by atoms with E-state index in [4.69, 9.17) is 4.74 Å². The molecule has 0 bridgehead atoms. The zero-order chi connectivity index (χ0) is 17.9. The average Bonchev–Trinajstić information content (AvgIpc) is 2.92. The Morgan fingerprint density at radius 2 is 2.23 bits per heavy atom. The van der Waals surface area contributed by atoms with Crippen molar-refractivity contribution in [2.45, 2.75) is 38.3 Å². The van der Waals surface area contributed by atoms with Gasteiger partial charge < -0.3 is 19.9 Å². The largest absolute Gasteiger partial charge is 0.378 e. The number of hydrogen-bond acceptors (Lipinski definition) is 5. The van der Waals surface area contributed by atoms with E-state index in [1.807, 2.05) is 0 Å². The Kier molecular flexibility index (Phi) is 4.94. The first kappa shape index (κ1) is 17.1. The summed E-state index contributed by atoms with van der Waals surface area (Å²) < 4.78 is 21.6. The van der Waals surface area contributed by atoms with Gasteiger partial charge in [0.05, 0.1) is 18.9 Å². The van der Waals surface area contributed by atoms with E-state index in [1.54, 1.807) is 12.1 Å². The van der Waals surface area contributed by atoms with Gasteiger partial charge in [-0.25, -0.2) is 4.39 Å². The standard InChI is InChI=1S/C18H22FN5O2/c19-13-6-5-12(17-23-22-16-4-2-1-3-8-24(16)17)10-14(13)21-18(25)15-11-26-9-7-20-15/h5-6,10,15,20H,1-4,7-9,11H2,(H,21,25). The van der Waals surface area contributed by atoms with Gasteiger partial charge in [0.25, 0.3) is 0 Å². The summed E-state index contributed by atoms with van der Waals surface area (Å²) >= 11 is 0. The molecule has 2 N–H and O–H groups in total. The number of nitrogens with zero attached hydrogens (tertiary/aromatic N) is 3. The number of amides is 1. The van der Waals surface area contributed by atoms with E-state index in [9.17, 15) is 9.18 Å². The Morgan fingerprint density at radius 3 is 3.08 bits per heavy atom. The van der Waals surface area contributed by atoms with Crippen molar-refractivity contribution in [1.82, 2.24) is 20.1 Å². The van der Waals surface area contributed by atoms with Gasteiger partial charge in [0.15, 0.2) is 5.82 Å². The van der Waals surface area contributed by atoms with Crippen LogP contribution in [0.2, 0.25) is 0 Å². The average molecular weight is 359 g/mol. The summed E-state index contributed by atoms with van der Waals surface area (Å²) in [6, 6.07) is 4.18. The second-order valence-corrected chi connectivity index (χ2v) is 6.67. The lowest BCUT2D eigenvalue weighted by Gasteiger charge is -2.23. The van der Waals surface area contributed by atoms with Crippen molar-refractivity contribution in [2.24, 2.45) is 0 Å². The van der Waals surface area contributed by atoms with E-state index in [1.165, 1.54) is 12.5 Å². The molecule has 1 aromatic heterocycles. The number of rotatable bonds is 3. The molecule has 0 saturated carbocycles. The van der Waals surface area contributed by atoms with Crippen molar-refractivity contribution in [1.29, 1.82) is 0 Å². The minimum absolute atomic E-state index is 0.144. The van der Waals surface area contributed by atoms with Gasteiger partial charge in [-0.05, 0) is 31.0 Å². The molecule has 2 aliphatic heterocycles. The molecular weight excluding hydrogens is 337 g/mol. The van der Waals surface area contributed by atoms with Crippen LogP contribution in [0.4, 0.5) is 10.1 Å². The molecule has 4 rings (SSSR count). The molecule has 8 heteroatoms. The van der Waals surface area contributed by atoms with Crippen LogP contribution in [0.5, 0.6) is 0 Å². The highest BCUT2D eigenvalue weighted by Crippen LogP contribution is 2.26. The number of nitrogens with one attached hydrogen (secondary N) is 2. The normalized spacial score (nSPS) is 20.3. The van der Waals surface area contributed by atoms with Crippen LogP contribution >= 0.6 is 0 Å². The number of carbonyl (C=O) groups is 1. The van der Waals surface area contributed by atoms with Gasteiger partial charge in [0.2, 0.25) is 5.91 Å². The number of anilines is 1. The molecule has 0 radical (unpaired) electrons. The smallest absolute Gasteiger partial charge is 0.243 e. The second-order valence-electron chi connectivity index (χ2n) is 6.67. The fraction of sp³-hybridized carbons (Fsp3) is 0.500. The van der Waals surface area contributed by atoms with E-state index >= 15 is 0 Å². The Hall–Kier alpha value is -2.32. The van der Waals surface area contributed by atoms with E-state index in [-0.39, 0.29) is 18.2 Å². The fourth-order valence-corrected chi connectivity index (χ4v) is 3.41. The van der Waals surface area contributed by atoms with Gasteiger partial charge in [0.1, 0.15) is 17.7 Å². The molecule has 138 valence electrons. The highest BCUT2D eigenvalue weighted by Gasteiger charge is 2.23. The number of morpholine rings is 1. The van der Waals surface area contributed by atoms with Gasteiger partial charge in [0, 0.05) is 25.1 Å². The van der Waals surface area contributed by atoms with Crippen molar-refractivity contribution in [3.63, 3.8) is 0 Å². The molecule has 1 aromatic carbocycles. The van der Waals surface area contributed by atoms with Gasteiger partial charge in [-0.3, -0.25) is 4.79 Å². The highest BCUT2D eigenvalue weighted by atomic mass is 19.1. The summed E-state index contributed by atoms with van der Waals surface area (Å²) in [5, 5.41) is 14.3. The third kappa shape index (κ3) is 3.47. The van der Waals surface area contributed by atoms with Crippen LogP contribution in [0.15, 0.2) is 18.2 Å². The Labute approximate surface area is 150 Å². The SMILES string of the molecule is O=C(Nc1cc(-c2nnc3n2CCCCC3)ccc1F)C1COCCN1. The lowest BCUT2D eigenvalue weighted by Crippen LogP contribution is -2.48. The Bertz CT molecular complexity index is 801. The molecule has 1 amide bonds. The van der Waals surface area contributed by atoms with Gasteiger partial charge in [-0.1, -0.05) is 6.42 Å². The van der Waals surface area contributed by atoms with Gasteiger partial charge in [-0.15, -0.1) is 10.2 Å². The van der Waals surface area contributed by atoms with Crippen molar-refractivity contribution in [3.8, 4) is 11.4 Å². The van der Waals surface area contributed by atoms with E-state index in [0.717, 1.165) is 43.0 Å². The van der Waals surface area contributed by atoms with Crippen molar-refractivity contribution >= 4 is 11.6 Å². The first-order valence-corrected chi connectivity index (χ1v) is 9.06. The molecule has 1 unspecified atom stereocenters. The molecule has 26 heavy (non-hydrogen) atoms. The maximum absolute atomic E-state index is 14.2. The zero-order valence-electron chi connectivity index (χ0n) is 14.5. The summed E-state index contributed by atoms with van der Waals surface area (Å²) in [5.74, 6) is 0.905. The van der Waals surface area contributed by atoms with Crippen LogP contribution in [-0.2, 0) is 22.5 Å². The molecule has 7 nitrogen and oxygen atoms in total. The molecule has 1 atom stereocenters. The number of aromatic nitrogens is 3. The molecule has 3 heterocycles. The minimum atomic E-state index is -0.477. The van der Waals surface area contributed by atoms with Crippen LogP contribution in [-0.4, -0.2) is 46.5 Å². The third-order valence-electron chi connectivity index (χ3n) is 4.83. The van der Waals surface area contributed by atoms with Crippen LogP contribution in [0.3, 0.4) is 0 Å². The van der Waals surface area contributed by atoms with E-state index in [2.05, 4.69) is 25.4 Å². The van der Waals surface area contributed by atoms with Crippen LogP contribution in [0.25, 0.3) is 11.4 Å². The van der Waals surface area contributed by atoms with Gasteiger partial charge >= 0.3 is 0 Å². The monoisotopic (exact) mass is 359 g/mol. The second kappa shape index (κ2) is 7.51. The number of benzene rings is 1. The van der Waals surface area contributed by atoms with Crippen LogP contribution in [0.1, 0.15) is 25.1 Å². The summed E-state index contributed by atoms with van der Waals surface area (Å²) in [6.45, 7) is 2.32. The Balaban J connectivity index is 1.58. The predicted molar refractivity (Wildman–Crippen MR) is 94.2 cm³/mol. The third-order valence-corrected chi connectivity index (χ3v) is 4.83. The summed E-state index contributed by atoms with van der Waals surface area (Å²) in [4.78, 5) is 12.3. The van der Waals surface area contributed by atoms with Crippen LogP contribution in [0, 0.1) is 5.82 Å². The fourth-order valence-electron chi connectivity index (χ4n) is 3.41. The first-order valence-electron chi connectivity index (χ1n) is 9.06. The van der Waals surface area contributed by atoms with Crippen molar-refractivity contribution < 1.29 is 13.9 Å². The summed E-state index contributed by atoms with van der Waals surface area (Å²) in [7, 11) is 0. The quantitative estimate of drug-likeness (QED) is 0.872. The first-order chi connectivity index (χ1) is 12.7. The number of carbonyl (C=O) groups excluding carboxylic acids is 1. The zero-order valence-corrected chi connectivity index (χ0v) is 14.5. The van der Waals surface area contributed by atoms with E-state index < -0.39 is 11.9 Å². The maximum Gasteiger partial charge on any atom is 0.243 e. The highest BCUT2D eigenvalue weighted by molar-refractivity contribution is 5.95. The number of ether oxygens (including phenoxy) is 1. The molecule has 1 saturated heterocycles. The molecule has 0 spiro atoms. The number of hydrogen-bond donors (Lipinski definition) is 2. The van der Waals surface area contributed by atoms with E-state index in [0.29, 0.717) is 13.2 Å². The molecule has 2 aromatic rings. The number of halogens is 1. The lowest BCUT2D eigenvalue weighted by molar-refractivity contribution is -0.120. The molecular formula is C18H22FN5O2. The van der Waals surface area contributed by atoms with Crippen LogP contribution < -0.4 is 10.6 Å². The van der Waals surface area contributed by atoms with Crippen molar-refractivity contribution in [3.05, 3.63) is 29.8 Å². The topological polar surface area (TPSA) is 81.1 Å².